The van der Waals surface area contributed by atoms with Crippen LogP contribution < -0.4 is 20.1 Å². The molecule has 7 nitrogen and oxygen atoms in total. The van der Waals surface area contributed by atoms with E-state index in [0.29, 0.717) is 23.3 Å². The van der Waals surface area contributed by atoms with Crippen LogP contribution in [0.2, 0.25) is 0 Å². The highest BCUT2D eigenvalue weighted by atomic mass is 16.5. The Kier molecular flexibility index (Phi) is 4.71. The SMILES string of the molecule is COc1ccc(OC)c(Nc2cnnc(Nc3ccccc3)n2)c1. The largest absolute Gasteiger partial charge is 0.497 e. The average Bonchev–Trinajstić information content (AvgIpc) is 2.63. The second-order valence-corrected chi connectivity index (χ2v) is 4.85. The van der Waals surface area contributed by atoms with Crippen LogP contribution in [0.4, 0.5) is 23.1 Å². The van der Waals surface area contributed by atoms with Gasteiger partial charge in [0, 0.05) is 11.8 Å². The smallest absolute Gasteiger partial charge is 0.249 e. The third-order valence-electron chi connectivity index (χ3n) is 3.26. The molecule has 3 rings (SSSR count). The molecular weight excluding hydrogens is 306 g/mol. The molecule has 0 unspecified atom stereocenters. The van der Waals surface area contributed by atoms with Crippen LogP contribution in [-0.4, -0.2) is 29.4 Å². The predicted molar refractivity (Wildman–Crippen MR) is 92.4 cm³/mol. The van der Waals surface area contributed by atoms with Gasteiger partial charge in [-0.25, -0.2) is 0 Å². The maximum atomic E-state index is 5.35. The van der Waals surface area contributed by atoms with Gasteiger partial charge < -0.3 is 20.1 Å². The van der Waals surface area contributed by atoms with E-state index >= 15 is 0 Å². The van der Waals surface area contributed by atoms with Crippen molar-refractivity contribution in [1.29, 1.82) is 0 Å². The second-order valence-electron chi connectivity index (χ2n) is 4.85. The number of benzene rings is 2. The minimum atomic E-state index is 0.396. The van der Waals surface area contributed by atoms with Gasteiger partial charge in [-0.05, 0) is 24.3 Å². The number of rotatable bonds is 6. The molecule has 0 aliphatic carbocycles. The molecule has 0 saturated carbocycles. The predicted octanol–water partition coefficient (Wildman–Crippen LogP) is 3.38. The van der Waals surface area contributed by atoms with Crippen LogP contribution in [0.1, 0.15) is 0 Å². The van der Waals surface area contributed by atoms with Gasteiger partial charge in [-0.3, -0.25) is 0 Å². The van der Waals surface area contributed by atoms with E-state index in [0.717, 1.165) is 11.4 Å². The molecule has 2 aromatic carbocycles. The highest BCUT2D eigenvalue weighted by Crippen LogP contribution is 2.31. The maximum absolute atomic E-state index is 5.35. The zero-order valence-electron chi connectivity index (χ0n) is 13.4. The summed E-state index contributed by atoms with van der Waals surface area (Å²) in [5.74, 6) is 2.32. The van der Waals surface area contributed by atoms with Crippen molar-refractivity contribution >= 4 is 23.1 Å². The maximum Gasteiger partial charge on any atom is 0.249 e. The molecule has 0 fully saturated rings. The Morgan fingerprint density at radius 1 is 0.917 bits per heavy atom. The second kappa shape index (κ2) is 7.28. The molecule has 0 bridgehead atoms. The molecule has 0 saturated heterocycles. The van der Waals surface area contributed by atoms with Gasteiger partial charge in [-0.15, -0.1) is 5.10 Å². The van der Waals surface area contributed by atoms with E-state index in [1.807, 2.05) is 48.5 Å². The fourth-order valence-corrected chi connectivity index (χ4v) is 2.12. The van der Waals surface area contributed by atoms with E-state index in [1.165, 1.54) is 6.20 Å². The highest BCUT2D eigenvalue weighted by Gasteiger charge is 2.08. The summed E-state index contributed by atoms with van der Waals surface area (Å²) in [5.41, 5.74) is 1.61. The van der Waals surface area contributed by atoms with Gasteiger partial charge in [-0.1, -0.05) is 18.2 Å². The number of methoxy groups -OCH3 is 2. The lowest BCUT2D eigenvalue weighted by molar-refractivity contribution is 0.405. The number of ether oxygens (including phenoxy) is 2. The summed E-state index contributed by atoms with van der Waals surface area (Å²) in [5, 5.41) is 14.2. The minimum absolute atomic E-state index is 0.396. The first-order chi connectivity index (χ1) is 11.8. The first kappa shape index (κ1) is 15.5. The van der Waals surface area contributed by atoms with E-state index < -0.39 is 0 Å². The first-order valence-corrected chi connectivity index (χ1v) is 7.29. The Labute approximate surface area is 139 Å². The molecule has 24 heavy (non-hydrogen) atoms. The Hall–Kier alpha value is -3.35. The molecule has 0 spiro atoms. The standard InChI is InChI=1S/C17H17N5O2/c1-23-13-8-9-15(24-2)14(10-13)20-16-11-18-22-17(21-16)19-12-6-4-3-5-7-12/h3-11H,1-2H3,(H2,19,20,21,22). The molecule has 122 valence electrons. The van der Waals surface area contributed by atoms with Gasteiger partial charge in [0.25, 0.3) is 0 Å². The first-order valence-electron chi connectivity index (χ1n) is 7.29. The Bertz CT molecular complexity index is 811. The number of hydrogen-bond donors (Lipinski definition) is 2. The number of para-hydroxylation sites is 1. The highest BCUT2D eigenvalue weighted by molar-refractivity contribution is 5.66. The summed E-state index contributed by atoms with van der Waals surface area (Å²) >= 11 is 0. The molecule has 0 aliphatic rings. The summed E-state index contributed by atoms with van der Waals surface area (Å²) in [6, 6.07) is 15.1. The van der Waals surface area contributed by atoms with E-state index in [2.05, 4.69) is 25.8 Å². The Morgan fingerprint density at radius 3 is 2.50 bits per heavy atom. The number of nitrogens with one attached hydrogen (secondary N) is 2. The molecule has 0 radical (unpaired) electrons. The topological polar surface area (TPSA) is 81.2 Å². The summed E-state index contributed by atoms with van der Waals surface area (Å²) in [6.07, 6.45) is 1.54. The van der Waals surface area contributed by atoms with Gasteiger partial charge in [0.2, 0.25) is 5.95 Å². The lowest BCUT2D eigenvalue weighted by Crippen LogP contribution is -2.03. The van der Waals surface area contributed by atoms with E-state index in [1.54, 1.807) is 14.2 Å². The number of aromatic nitrogens is 3. The zero-order chi connectivity index (χ0) is 16.8. The van der Waals surface area contributed by atoms with Gasteiger partial charge >= 0.3 is 0 Å². The van der Waals surface area contributed by atoms with E-state index in [-0.39, 0.29) is 0 Å². The van der Waals surface area contributed by atoms with Crippen LogP contribution in [0.15, 0.2) is 54.7 Å². The molecule has 2 N–H and O–H groups in total. The quantitative estimate of drug-likeness (QED) is 0.719. The van der Waals surface area contributed by atoms with Crippen molar-refractivity contribution in [2.75, 3.05) is 24.9 Å². The number of anilines is 4. The molecule has 1 aromatic heterocycles. The van der Waals surface area contributed by atoms with Crippen LogP contribution >= 0.6 is 0 Å². The lowest BCUT2D eigenvalue weighted by Gasteiger charge is -2.12. The molecule has 3 aromatic rings. The molecule has 7 heteroatoms. The summed E-state index contributed by atoms with van der Waals surface area (Å²) in [7, 11) is 3.22. The third-order valence-corrected chi connectivity index (χ3v) is 3.26. The molecule has 0 amide bonds. The Balaban J connectivity index is 1.82. The van der Waals surface area contributed by atoms with Gasteiger partial charge in [-0.2, -0.15) is 10.1 Å². The zero-order valence-corrected chi connectivity index (χ0v) is 13.4. The van der Waals surface area contributed by atoms with Crippen molar-refractivity contribution < 1.29 is 9.47 Å². The number of nitrogens with zero attached hydrogens (tertiary/aromatic N) is 3. The van der Waals surface area contributed by atoms with Crippen LogP contribution in [0.3, 0.4) is 0 Å². The van der Waals surface area contributed by atoms with Crippen molar-refractivity contribution in [3.05, 3.63) is 54.7 Å². The number of hydrogen-bond acceptors (Lipinski definition) is 7. The third kappa shape index (κ3) is 3.70. The van der Waals surface area contributed by atoms with Gasteiger partial charge in [0.1, 0.15) is 11.5 Å². The van der Waals surface area contributed by atoms with Crippen LogP contribution in [0.25, 0.3) is 0 Å². The van der Waals surface area contributed by atoms with E-state index in [4.69, 9.17) is 9.47 Å². The molecule has 1 heterocycles. The Morgan fingerprint density at radius 2 is 1.75 bits per heavy atom. The van der Waals surface area contributed by atoms with Crippen molar-refractivity contribution in [3.63, 3.8) is 0 Å². The van der Waals surface area contributed by atoms with Crippen molar-refractivity contribution in [2.24, 2.45) is 0 Å². The normalized spacial score (nSPS) is 10.1. The van der Waals surface area contributed by atoms with E-state index in [9.17, 15) is 0 Å². The summed E-state index contributed by atoms with van der Waals surface area (Å²) in [4.78, 5) is 4.40. The van der Waals surface area contributed by atoms with Crippen molar-refractivity contribution in [1.82, 2.24) is 15.2 Å². The van der Waals surface area contributed by atoms with Crippen LogP contribution in [0.5, 0.6) is 11.5 Å². The van der Waals surface area contributed by atoms with Gasteiger partial charge in [0.15, 0.2) is 5.82 Å². The van der Waals surface area contributed by atoms with Crippen LogP contribution in [0, 0.1) is 0 Å². The molecule has 0 atom stereocenters. The fraction of sp³-hybridized carbons (Fsp3) is 0.118. The molecular formula is C17H17N5O2. The van der Waals surface area contributed by atoms with Gasteiger partial charge in [0.05, 0.1) is 26.1 Å². The average molecular weight is 323 g/mol. The van der Waals surface area contributed by atoms with Crippen LogP contribution in [-0.2, 0) is 0 Å². The summed E-state index contributed by atoms with van der Waals surface area (Å²) < 4.78 is 10.6. The molecule has 0 aliphatic heterocycles. The fourth-order valence-electron chi connectivity index (χ4n) is 2.12. The van der Waals surface area contributed by atoms with Crippen molar-refractivity contribution in [3.8, 4) is 11.5 Å². The minimum Gasteiger partial charge on any atom is -0.497 e. The summed E-state index contributed by atoms with van der Waals surface area (Å²) in [6.45, 7) is 0. The lowest BCUT2D eigenvalue weighted by atomic mass is 10.2. The monoisotopic (exact) mass is 323 g/mol. The van der Waals surface area contributed by atoms with Crippen molar-refractivity contribution in [2.45, 2.75) is 0 Å².